The van der Waals surface area contributed by atoms with Gasteiger partial charge in [-0.05, 0) is 25.8 Å². The fourth-order valence-electron chi connectivity index (χ4n) is 1.94. The first-order chi connectivity index (χ1) is 8.77. The predicted octanol–water partition coefficient (Wildman–Crippen LogP) is 5.61. The van der Waals surface area contributed by atoms with Crippen LogP contribution < -0.4 is 0 Å². The summed E-state index contributed by atoms with van der Waals surface area (Å²) < 4.78 is 0. The van der Waals surface area contributed by atoms with E-state index >= 15 is 0 Å². The molecule has 0 N–H and O–H groups in total. The summed E-state index contributed by atoms with van der Waals surface area (Å²) in [5.41, 5.74) is 0. The number of hydrogen-bond donors (Lipinski definition) is 0. The van der Waals surface area contributed by atoms with Crippen molar-refractivity contribution in [2.75, 3.05) is 0 Å². The molecular formula is C17H30O. The van der Waals surface area contributed by atoms with E-state index in [1.807, 2.05) is 12.2 Å². The summed E-state index contributed by atoms with van der Waals surface area (Å²) in [6.07, 6.45) is 21.1. The zero-order valence-corrected chi connectivity index (χ0v) is 12.3. The Hall–Kier alpha value is -0.850. The maximum absolute atomic E-state index is 10.6. The van der Waals surface area contributed by atoms with E-state index in [2.05, 4.69) is 13.0 Å². The summed E-state index contributed by atoms with van der Waals surface area (Å²) in [7, 11) is 0. The van der Waals surface area contributed by atoms with E-state index in [1.165, 1.54) is 57.8 Å². The number of ketones is 1. The highest BCUT2D eigenvalue weighted by Gasteiger charge is 1.90. The van der Waals surface area contributed by atoms with E-state index in [0.29, 0.717) is 0 Å². The summed E-state index contributed by atoms with van der Waals surface area (Å²) in [4.78, 5) is 10.6. The third-order valence-electron chi connectivity index (χ3n) is 3.05. The molecule has 18 heavy (non-hydrogen) atoms. The number of hydrogen-bond acceptors (Lipinski definition) is 1. The molecule has 0 spiro atoms. The number of carbonyl (C=O) groups is 1. The van der Waals surface area contributed by atoms with Gasteiger partial charge in [-0.15, -0.1) is 0 Å². The second-order valence-corrected chi connectivity index (χ2v) is 5.02. The summed E-state index contributed by atoms with van der Waals surface area (Å²) in [6.45, 7) is 3.84. The van der Waals surface area contributed by atoms with Crippen molar-refractivity contribution in [1.29, 1.82) is 0 Å². The predicted molar refractivity (Wildman–Crippen MR) is 80.8 cm³/mol. The molecule has 0 atom stereocenters. The van der Waals surface area contributed by atoms with Crippen LogP contribution in [-0.4, -0.2) is 5.78 Å². The average Bonchev–Trinajstić information content (AvgIpc) is 2.34. The smallest absolute Gasteiger partial charge is 0.152 e. The summed E-state index contributed by atoms with van der Waals surface area (Å²) in [5, 5.41) is 0. The van der Waals surface area contributed by atoms with Gasteiger partial charge in [0, 0.05) is 0 Å². The van der Waals surface area contributed by atoms with Gasteiger partial charge in [0.2, 0.25) is 0 Å². The topological polar surface area (TPSA) is 17.1 Å². The van der Waals surface area contributed by atoms with Crippen molar-refractivity contribution in [1.82, 2.24) is 0 Å². The first kappa shape index (κ1) is 17.2. The number of rotatable bonds is 12. The Bertz CT molecular complexity index is 238. The zero-order chi connectivity index (χ0) is 13.5. The Morgan fingerprint density at radius 3 is 1.94 bits per heavy atom. The third-order valence-corrected chi connectivity index (χ3v) is 3.05. The van der Waals surface area contributed by atoms with Gasteiger partial charge in [0.25, 0.3) is 0 Å². The van der Waals surface area contributed by atoms with Gasteiger partial charge in [0.1, 0.15) is 0 Å². The molecule has 0 radical (unpaired) electrons. The van der Waals surface area contributed by atoms with Crippen LogP contribution in [0.4, 0.5) is 0 Å². The van der Waals surface area contributed by atoms with Crippen LogP contribution in [0.1, 0.15) is 78.1 Å². The van der Waals surface area contributed by atoms with Gasteiger partial charge in [0.15, 0.2) is 5.78 Å². The quantitative estimate of drug-likeness (QED) is 0.250. The normalized spacial score (nSPS) is 11.7. The van der Waals surface area contributed by atoms with Crippen molar-refractivity contribution in [3.05, 3.63) is 24.3 Å². The van der Waals surface area contributed by atoms with Crippen molar-refractivity contribution in [3.8, 4) is 0 Å². The van der Waals surface area contributed by atoms with Crippen molar-refractivity contribution in [3.63, 3.8) is 0 Å². The molecule has 0 aromatic carbocycles. The number of unbranched alkanes of at least 4 members (excludes halogenated alkanes) is 9. The maximum Gasteiger partial charge on any atom is 0.152 e. The first-order valence-corrected chi connectivity index (χ1v) is 7.61. The average molecular weight is 250 g/mol. The molecule has 0 amide bonds. The minimum Gasteiger partial charge on any atom is -0.295 e. The van der Waals surface area contributed by atoms with Gasteiger partial charge in [-0.1, -0.05) is 76.5 Å². The third kappa shape index (κ3) is 15.1. The highest BCUT2D eigenvalue weighted by Crippen LogP contribution is 2.10. The highest BCUT2D eigenvalue weighted by molar-refractivity contribution is 5.87. The molecule has 0 heterocycles. The van der Waals surface area contributed by atoms with Gasteiger partial charge >= 0.3 is 0 Å². The second kappa shape index (κ2) is 14.2. The van der Waals surface area contributed by atoms with E-state index in [1.54, 1.807) is 13.0 Å². The maximum atomic E-state index is 10.6. The van der Waals surface area contributed by atoms with Crippen LogP contribution in [0.25, 0.3) is 0 Å². The number of carbonyl (C=O) groups excluding carboxylic acids is 1. The molecule has 0 fully saturated rings. The van der Waals surface area contributed by atoms with E-state index in [-0.39, 0.29) is 5.78 Å². The van der Waals surface area contributed by atoms with Crippen LogP contribution >= 0.6 is 0 Å². The van der Waals surface area contributed by atoms with Gasteiger partial charge in [-0.3, -0.25) is 4.79 Å². The van der Waals surface area contributed by atoms with Gasteiger partial charge in [0.05, 0.1) is 0 Å². The van der Waals surface area contributed by atoms with Crippen molar-refractivity contribution in [2.24, 2.45) is 0 Å². The molecule has 0 saturated heterocycles. The Kier molecular flexibility index (Phi) is 13.5. The van der Waals surface area contributed by atoms with Crippen LogP contribution in [0.2, 0.25) is 0 Å². The lowest BCUT2D eigenvalue weighted by Crippen LogP contribution is -1.80. The molecule has 0 bridgehead atoms. The standard InChI is InChI=1S/C17H30O/c1-3-4-5-6-7-8-9-10-11-12-13-14-15-16-17(2)18/h13-16H,3-12H2,1-2H3/b14-13+,16-15+. The molecule has 0 saturated carbocycles. The first-order valence-electron chi connectivity index (χ1n) is 7.61. The molecule has 0 aliphatic rings. The lowest BCUT2D eigenvalue weighted by Gasteiger charge is -2.00. The van der Waals surface area contributed by atoms with E-state index < -0.39 is 0 Å². The van der Waals surface area contributed by atoms with Crippen molar-refractivity contribution >= 4 is 5.78 Å². The van der Waals surface area contributed by atoms with E-state index in [4.69, 9.17) is 0 Å². The zero-order valence-electron chi connectivity index (χ0n) is 12.3. The molecule has 0 aliphatic carbocycles. The van der Waals surface area contributed by atoms with Gasteiger partial charge < -0.3 is 0 Å². The van der Waals surface area contributed by atoms with Gasteiger partial charge in [-0.2, -0.15) is 0 Å². The summed E-state index contributed by atoms with van der Waals surface area (Å²) >= 11 is 0. The van der Waals surface area contributed by atoms with Crippen LogP contribution in [0.3, 0.4) is 0 Å². The SMILES string of the molecule is CCCCCCCCCCC/C=C/C=C/C(C)=O. The van der Waals surface area contributed by atoms with Crippen LogP contribution in [0.5, 0.6) is 0 Å². The molecular weight excluding hydrogens is 220 g/mol. The summed E-state index contributed by atoms with van der Waals surface area (Å²) in [6, 6.07) is 0. The van der Waals surface area contributed by atoms with E-state index in [0.717, 1.165) is 6.42 Å². The molecule has 104 valence electrons. The molecule has 0 rings (SSSR count). The minimum absolute atomic E-state index is 0.114. The fraction of sp³-hybridized carbons (Fsp3) is 0.706. The largest absolute Gasteiger partial charge is 0.295 e. The molecule has 0 aliphatic heterocycles. The van der Waals surface area contributed by atoms with Crippen LogP contribution in [0, 0.1) is 0 Å². The molecule has 0 aromatic rings. The number of allylic oxidation sites excluding steroid dienone is 4. The van der Waals surface area contributed by atoms with E-state index in [9.17, 15) is 4.79 Å². The monoisotopic (exact) mass is 250 g/mol. The summed E-state index contributed by atoms with van der Waals surface area (Å²) in [5.74, 6) is 0.114. The molecule has 1 heteroatoms. The second-order valence-electron chi connectivity index (χ2n) is 5.02. The Balaban J connectivity index is 3.14. The lowest BCUT2D eigenvalue weighted by atomic mass is 10.1. The fourth-order valence-corrected chi connectivity index (χ4v) is 1.94. The van der Waals surface area contributed by atoms with Crippen molar-refractivity contribution in [2.45, 2.75) is 78.1 Å². The lowest BCUT2D eigenvalue weighted by molar-refractivity contribution is -0.112. The Labute approximate surface area is 113 Å². The van der Waals surface area contributed by atoms with Crippen LogP contribution in [0.15, 0.2) is 24.3 Å². The minimum atomic E-state index is 0.114. The van der Waals surface area contributed by atoms with Crippen molar-refractivity contribution < 1.29 is 4.79 Å². The Morgan fingerprint density at radius 2 is 1.39 bits per heavy atom. The Morgan fingerprint density at radius 1 is 0.833 bits per heavy atom. The molecule has 1 nitrogen and oxygen atoms in total. The molecule has 0 unspecified atom stereocenters. The highest BCUT2D eigenvalue weighted by atomic mass is 16.1. The molecule has 0 aromatic heterocycles. The van der Waals surface area contributed by atoms with Crippen LogP contribution in [-0.2, 0) is 4.79 Å². The van der Waals surface area contributed by atoms with Gasteiger partial charge in [-0.25, -0.2) is 0 Å².